The summed E-state index contributed by atoms with van der Waals surface area (Å²) in [6.07, 6.45) is 0.966. The van der Waals surface area contributed by atoms with Crippen molar-refractivity contribution >= 4 is 46.1 Å². The normalized spacial score (nSPS) is 10.3. The smallest absolute Gasteiger partial charge is 0.265 e. The number of hydrogen-bond acceptors (Lipinski definition) is 3. The minimum atomic E-state index is -0.163. The molecule has 0 aliphatic heterocycles. The van der Waals surface area contributed by atoms with E-state index < -0.39 is 0 Å². The summed E-state index contributed by atoms with van der Waals surface area (Å²) in [4.78, 5) is 24.9. The average molecular weight is 385 g/mol. The number of halogens is 1. The molecule has 0 fully saturated rings. The number of aryl methyl sites for hydroxylation is 1. The minimum absolute atomic E-state index is 0.0910. The van der Waals surface area contributed by atoms with Crippen LogP contribution in [-0.2, 0) is 11.2 Å². The van der Waals surface area contributed by atoms with Gasteiger partial charge in [-0.05, 0) is 53.8 Å². The summed E-state index contributed by atoms with van der Waals surface area (Å²) in [6.45, 7) is 0. The number of rotatable bonds is 6. The van der Waals surface area contributed by atoms with E-state index in [1.807, 2.05) is 29.6 Å². The lowest BCUT2D eigenvalue weighted by Gasteiger charge is -2.08. The zero-order valence-corrected chi connectivity index (χ0v) is 15.4. The molecule has 3 aromatic rings. The Bertz CT molecular complexity index is 910. The molecular weight excluding hydrogens is 368 g/mol. The standard InChI is InChI=1S/C20H17ClN2O2S/c21-15-5-1-4-14(12-15)9-10-19(24)22-16-6-2-7-17(13-16)23-20(25)18-8-3-11-26-18/h1-8,11-13H,9-10H2,(H,22,24)(H,23,25). The third-order valence-electron chi connectivity index (χ3n) is 3.68. The summed E-state index contributed by atoms with van der Waals surface area (Å²) in [5, 5.41) is 8.20. The average Bonchev–Trinajstić information content (AvgIpc) is 3.15. The Kier molecular flexibility index (Phi) is 6.04. The van der Waals surface area contributed by atoms with Gasteiger partial charge in [0.1, 0.15) is 0 Å². The molecular formula is C20H17ClN2O2S. The second kappa shape index (κ2) is 8.65. The first-order valence-corrected chi connectivity index (χ1v) is 9.35. The van der Waals surface area contributed by atoms with Gasteiger partial charge in [0.25, 0.3) is 5.91 Å². The Labute approximate surface area is 160 Å². The Balaban J connectivity index is 1.56. The molecule has 26 heavy (non-hydrogen) atoms. The van der Waals surface area contributed by atoms with E-state index in [1.165, 1.54) is 11.3 Å². The van der Waals surface area contributed by atoms with Crippen molar-refractivity contribution in [2.45, 2.75) is 12.8 Å². The molecule has 0 spiro atoms. The van der Waals surface area contributed by atoms with Crippen LogP contribution in [0.15, 0.2) is 66.0 Å². The minimum Gasteiger partial charge on any atom is -0.326 e. The highest BCUT2D eigenvalue weighted by molar-refractivity contribution is 7.12. The first kappa shape index (κ1) is 18.2. The summed E-state index contributed by atoms with van der Waals surface area (Å²) >= 11 is 7.33. The molecule has 0 saturated carbocycles. The third-order valence-corrected chi connectivity index (χ3v) is 4.78. The lowest BCUT2D eigenvalue weighted by atomic mass is 10.1. The first-order chi connectivity index (χ1) is 12.6. The molecule has 0 aliphatic carbocycles. The second-order valence-electron chi connectivity index (χ2n) is 5.69. The summed E-state index contributed by atoms with van der Waals surface area (Å²) in [5.74, 6) is -0.254. The molecule has 0 aliphatic rings. The maximum absolute atomic E-state index is 12.2. The predicted octanol–water partition coefficient (Wildman–Crippen LogP) is 5.23. The van der Waals surface area contributed by atoms with E-state index in [1.54, 1.807) is 36.4 Å². The molecule has 2 aromatic carbocycles. The highest BCUT2D eigenvalue weighted by Gasteiger charge is 2.08. The van der Waals surface area contributed by atoms with Gasteiger partial charge >= 0.3 is 0 Å². The van der Waals surface area contributed by atoms with Crippen molar-refractivity contribution in [3.63, 3.8) is 0 Å². The van der Waals surface area contributed by atoms with Crippen LogP contribution in [0.5, 0.6) is 0 Å². The summed E-state index contributed by atoms with van der Waals surface area (Å²) in [7, 11) is 0. The van der Waals surface area contributed by atoms with Gasteiger partial charge in [-0.1, -0.05) is 35.9 Å². The zero-order chi connectivity index (χ0) is 18.4. The van der Waals surface area contributed by atoms with Crippen molar-refractivity contribution in [3.05, 3.63) is 81.5 Å². The number of nitrogens with one attached hydrogen (secondary N) is 2. The summed E-state index contributed by atoms with van der Waals surface area (Å²) < 4.78 is 0. The van der Waals surface area contributed by atoms with E-state index in [4.69, 9.17) is 11.6 Å². The van der Waals surface area contributed by atoms with Crippen molar-refractivity contribution < 1.29 is 9.59 Å². The molecule has 132 valence electrons. The predicted molar refractivity (Wildman–Crippen MR) is 107 cm³/mol. The van der Waals surface area contributed by atoms with Crippen molar-refractivity contribution in [2.24, 2.45) is 0 Å². The van der Waals surface area contributed by atoms with Crippen molar-refractivity contribution in [1.29, 1.82) is 0 Å². The fourth-order valence-electron chi connectivity index (χ4n) is 2.45. The van der Waals surface area contributed by atoms with Gasteiger partial charge in [0.2, 0.25) is 5.91 Å². The molecule has 0 radical (unpaired) electrons. The number of thiophene rings is 1. The van der Waals surface area contributed by atoms with Crippen molar-refractivity contribution in [2.75, 3.05) is 10.6 Å². The van der Waals surface area contributed by atoms with E-state index in [-0.39, 0.29) is 11.8 Å². The second-order valence-corrected chi connectivity index (χ2v) is 7.07. The fraction of sp³-hybridized carbons (Fsp3) is 0.100. The van der Waals surface area contributed by atoms with E-state index in [0.29, 0.717) is 34.1 Å². The number of benzene rings is 2. The van der Waals surface area contributed by atoms with Gasteiger partial charge in [0.15, 0.2) is 0 Å². The molecule has 6 heteroatoms. The van der Waals surface area contributed by atoms with Crippen molar-refractivity contribution in [1.82, 2.24) is 0 Å². The lowest BCUT2D eigenvalue weighted by molar-refractivity contribution is -0.116. The van der Waals surface area contributed by atoms with Gasteiger partial charge in [-0.3, -0.25) is 9.59 Å². The van der Waals surface area contributed by atoms with Crippen LogP contribution < -0.4 is 10.6 Å². The fourth-order valence-corrected chi connectivity index (χ4v) is 3.28. The number of carbonyl (C=O) groups excluding carboxylic acids is 2. The van der Waals surface area contributed by atoms with Crippen LogP contribution in [-0.4, -0.2) is 11.8 Å². The largest absolute Gasteiger partial charge is 0.326 e. The highest BCUT2D eigenvalue weighted by atomic mass is 35.5. The SMILES string of the molecule is O=C(CCc1cccc(Cl)c1)Nc1cccc(NC(=O)c2cccs2)c1. The topological polar surface area (TPSA) is 58.2 Å². The van der Waals surface area contributed by atoms with Gasteiger partial charge in [-0.25, -0.2) is 0 Å². The number of carbonyl (C=O) groups is 2. The Morgan fingerprint density at radius 2 is 1.69 bits per heavy atom. The Morgan fingerprint density at radius 1 is 0.923 bits per heavy atom. The molecule has 0 unspecified atom stereocenters. The Morgan fingerprint density at radius 3 is 2.42 bits per heavy atom. The molecule has 0 atom stereocenters. The third kappa shape index (κ3) is 5.18. The van der Waals surface area contributed by atoms with Gasteiger partial charge < -0.3 is 10.6 Å². The molecule has 2 N–H and O–H groups in total. The van der Waals surface area contributed by atoms with Crippen LogP contribution in [0.2, 0.25) is 5.02 Å². The van der Waals surface area contributed by atoms with Crippen LogP contribution in [0.1, 0.15) is 21.7 Å². The van der Waals surface area contributed by atoms with Crippen molar-refractivity contribution in [3.8, 4) is 0 Å². The van der Waals surface area contributed by atoms with E-state index >= 15 is 0 Å². The van der Waals surface area contributed by atoms with Crippen LogP contribution >= 0.6 is 22.9 Å². The Hall–Kier alpha value is -2.63. The molecule has 3 rings (SSSR count). The van der Waals surface area contributed by atoms with Crippen LogP contribution in [0.25, 0.3) is 0 Å². The van der Waals surface area contributed by atoms with Gasteiger partial charge in [0.05, 0.1) is 4.88 Å². The van der Waals surface area contributed by atoms with E-state index in [2.05, 4.69) is 10.6 Å². The number of amides is 2. The summed E-state index contributed by atoms with van der Waals surface area (Å²) in [5.41, 5.74) is 2.30. The summed E-state index contributed by atoms with van der Waals surface area (Å²) in [6, 6.07) is 18.2. The zero-order valence-electron chi connectivity index (χ0n) is 13.9. The maximum atomic E-state index is 12.2. The van der Waals surface area contributed by atoms with E-state index in [0.717, 1.165) is 5.56 Å². The molecule has 2 amide bonds. The van der Waals surface area contributed by atoms with Gasteiger partial charge in [-0.2, -0.15) is 0 Å². The monoisotopic (exact) mass is 384 g/mol. The van der Waals surface area contributed by atoms with Crippen LogP contribution in [0, 0.1) is 0 Å². The molecule has 1 aromatic heterocycles. The molecule has 0 saturated heterocycles. The highest BCUT2D eigenvalue weighted by Crippen LogP contribution is 2.18. The molecule has 4 nitrogen and oxygen atoms in total. The quantitative estimate of drug-likeness (QED) is 0.611. The number of hydrogen-bond donors (Lipinski definition) is 2. The van der Waals surface area contributed by atoms with Gasteiger partial charge in [-0.15, -0.1) is 11.3 Å². The maximum Gasteiger partial charge on any atom is 0.265 e. The van der Waals surface area contributed by atoms with Gasteiger partial charge in [0, 0.05) is 22.8 Å². The number of anilines is 2. The molecule has 1 heterocycles. The first-order valence-electron chi connectivity index (χ1n) is 8.09. The van der Waals surface area contributed by atoms with Crippen LogP contribution in [0.4, 0.5) is 11.4 Å². The molecule has 0 bridgehead atoms. The van der Waals surface area contributed by atoms with Crippen LogP contribution in [0.3, 0.4) is 0 Å². The lowest BCUT2D eigenvalue weighted by Crippen LogP contribution is -2.13. The van der Waals surface area contributed by atoms with E-state index in [9.17, 15) is 9.59 Å².